The maximum Gasteiger partial charge on any atom is 0.370 e. The summed E-state index contributed by atoms with van der Waals surface area (Å²) < 4.78 is 10.0. The summed E-state index contributed by atoms with van der Waals surface area (Å²) in [6, 6.07) is 15.2. The van der Waals surface area contributed by atoms with Gasteiger partial charge >= 0.3 is 23.9 Å². The third kappa shape index (κ3) is 6.15. The molecule has 2 aromatic rings. The van der Waals surface area contributed by atoms with Crippen LogP contribution in [0.25, 0.3) is 0 Å². The van der Waals surface area contributed by atoms with Crippen molar-refractivity contribution in [2.24, 2.45) is 0 Å². The van der Waals surface area contributed by atoms with Gasteiger partial charge in [0.05, 0.1) is 11.1 Å². The molecular formula is C20H19NO8. The first-order valence-corrected chi connectivity index (χ1v) is 8.43. The van der Waals surface area contributed by atoms with Crippen molar-refractivity contribution in [1.82, 2.24) is 5.06 Å². The molecule has 9 heteroatoms. The topological polar surface area (TPSA) is 119 Å². The van der Waals surface area contributed by atoms with E-state index in [4.69, 9.17) is 14.3 Å². The number of carbonyl (C=O) groups is 4. The van der Waals surface area contributed by atoms with E-state index in [1.54, 1.807) is 36.4 Å². The highest BCUT2D eigenvalue weighted by Crippen LogP contribution is 2.14. The summed E-state index contributed by atoms with van der Waals surface area (Å²) in [5.74, 6) is -4.88. The van der Waals surface area contributed by atoms with E-state index in [2.05, 4.69) is 0 Å². The number of carboxylic acid groups (broad SMARTS) is 1. The average Bonchev–Trinajstić information content (AvgIpc) is 2.70. The van der Waals surface area contributed by atoms with Crippen LogP contribution in [0.5, 0.6) is 0 Å². The summed E-state index contributed by atoms with van der Waals surface area (Å²) in [6.07, 6.45) is -4.15. The van der Waals surface area contributed by atoms with Gasteiger partial charge in [-0.15, -0.1) is 5.06 Å². The van der Waals surface area contributed by atoms with Crippen LogP contribution < -0.4 is 0 Å². The zero-order valence-corrected chi connectivity index (χ0v) is 15.7. The van der Waals surface area contributed by atoms with Crippen molar-refractivity contribution in [3.8, 4) is 0 Å². The highest BCUT2D eigenvalue weighted by molar-refractivity contribution is 5.95. The maximum atomic E-state index is 12.4. The zero-order valence-electron chi connectivity index (χ0n) is 15.7. The Labute approximate surface area is 166 Å². The van der Waals surface area contributed by atoms with Crippen LogP contribution in [0.3, 0.4) is 0 Å². The standard InChI is InChI=1S/C20H19NO8/c1-21(2)29-20(26)16(28-19(25)14-11-7-4-8-12-14)15(17(22)23)27-18(24)13-9-5-3-6-10-13/h3-12,15-16H,1-2H3,(H,22,23). The molecule has 29 heavy (non-hydrogen) atoms. The lowest BCUT2D eigenvalue weighted by Crippen LogP contribution is -2.47. The molecule has 0 bridgehead atoms. The van der Waals surface area contributed by atoms with E-state index in [-0.39, 0.29) is 11.1 Å². The van der Waals surface area contributed by atoms with Crippen molar-refractivity contribution in [2.45, 2.75) is 12.2 Å². The van der Waals surface area contributed by atoms with Gasteiger partial charge in [0.1, 0.15) is 0 Å². The molecule has 0 fully saturated rings. The van der Waals surface area contributed by atoms with Crippen LogP contribution in [0.15, 0.2) is 60.7 Å². The van der Waals surface area contributed by atoms with Gasteiger partial charge in [0, 0.05) is 14.1 Å². The van der Waals surface area contributed by atoms with E-state index < -0.39 is 36.1 Å². The average molecular weight is 401 g/mol. The molecule has 152 valence electrons. The number of rotatable bonds is 8. The minimum Gasteiger partial charge on any atom is -0.478 e. The molecule has 0 radical (unpaired) electrons. The lowest BCUT2D eigenvalue weighted by atomic mass is 10.1. The van der Waals surface area contributed by atoms with Crippen molar-refractivity contribution in [2.75, 3.05) is 14.1 Å². The lowest BCUT2D eigenvalue weighted by Gasteiger charge is -2.23. The number of benzene rings is 2. The van der Waals surface area contributed by atoms with E-state index in [1.807, 2.05) is 0 Å². The molecule has 9 nitrogen and oxygen atoms in total. The molecule has 0 saturated heterocycles. The predicted molar refractivity (Wildman–Crippen MR) is 98.7 cm³/mol. The first-order chi connectivity index (χ1) is 13.8. The molecule has 0 amide bonds. The van der Waals surface area contributed by atoms with Gasteiger partial charge in [-0.2, -0.15) is 0 Å². The number of nitrogens with zero attached hydrogens (tertiary/aromatic N) is 1. The Morgan fingerprint density at radius 2 is 1.17 bits per heavy atom. The Kier molecular flexibility index (Phi) is 7.44. The van der Waals surface area contributed by atoms with Crippen LogP contribution in [0.4, 0.5) is 0 Å². The fraction of sp³-hybridized carbons (Fsp3) is 0.200. The summed E-state index contributed by atoms with van der Waals surface area (Å²) in [6.45, 7) is 0. The predicted octanol–water partition coefficient (Wildman–Crippen LogP) is 1.54. The molecule has 1 N–H and O–H groups in total. The number of ether oxygens (including phenoxy) is 2. The highest BCUT2D eigenvalue weighted by Gasteiger charge is 2.42. The van der Waals surface area contributed by atoms with Gasteiger partial charge in [-0.05, 0) is 24.3 Å². The third-order valence-corrected chi connectivity index (χ3v) is 3.51. The van der Waals surface area contributed by atoms with Gasteiger partial charge in [0.25, 0.3) is 0 Å². The van der Waals surface area contributed by atoms with Crippen molar-refractivity contribution < 1.29 is 38.6 Å². The first kappa shape index (κ1) is 21.6. The fourth-order valence-corrected chi connectivity index (χ4v) is 2.22. The van der Waals surface area contributed by atoms with Crippen LogP contribution in [-0.2, 0) is 23.9 Å². The number of esters is 2. The largest absolute Gasteiger partial charge is 0.478 e. The molecule has 2 atom stereocenters. The minimum atomic E-state index is -2.12. The molecule has 0 aliphatic heterocycles. The molecule has 0 aliphatic rings. The smallest absolute Gasteiger partial charge is 0.370 e. The summed E-state index contributed by atoms with van der Waals surface area (Å²) in [4.78, 5) is 53.6. The van der Waals surface area contributed by atoms with E-state index in [1.165, 1.54) is 38.4 Å². The third-order valence-electron chi connectivity index (χ3n) is 3.51. The molecule has 2 rings (SSSR count). The van der Waals surface area contributed by atoms with E-state index in [0.29, 0.717) is 0 Å². The van der Waals surface area contributed by atoms with Crippen LogP contribution in [0.2, 0.25) is 0 Å². The van der Waals surface area contributed by atoms with Crippen molar-refractivity contribution in [3.63, 3.8) is 0 Å². The summed E-state index contributed by atoms with van der Waals surface area (Å²) >= 11 is 0. The molecule has 2 aromatic carbocycles. The van der Waals surface area contributed by atoms with Gasteiger partial charge in [0.2, 0.25) is 12.2 Å². The Morgan fingerprint density at radius 1 is 0.759 bits per heavy atom. The summed E-state index contributed by atoms with van der Waals surface area (Å²) in [5, 5.41) is 10.5. The van der Waals surface area contributed by atoms with E-state index >= 15 is 0 Å². The fourth-order valence-electron chi connectivity index (χ4n) is 2.22. The second kappa shape index (κ2) is 10.00. The van der Waals surface area contributed by atoms with Gasteiger partial charge in [-0.3, -0.25) is 0 Å². The van der Waals surface area contributed by atoms with E-state index in [0.717, 1.165) is 5.06 Å². The first-order valence-electron chi connectivity index (χ1n) is 8.43. The molecule has 0 saturated carbocycles. The Morgan fingerprint density at radius 3 is 1.55 bits per heavy atom. The molecule has 2 unspecified atom stereocenters. The maximum absolute atomic E-state index is 12.4. The quantitative estimate of drug-likeness (QED) is 0.519. The van der Waals surface area contributed by atoms with Gasteiger partial charge in [0.15, 0.2) is 0 Å². The van der Waals surface area contributed by atoms with Crippen molar-refractivity contribution in [3.05, 3.63) is 71.8 Å². The number of hydroxylamine groups is 2. The SMILES string of the molecule is CN(C)OC(=O)C(OC(=O)c1ccccc1)C(OC(=O)c1ccccc1)C(=O)O. The van der Waals surface area contributed by atoms with Crippen molar-refractivity contribution >= 4 is 23.9 Å². The molecule has 0 heterocycles. The monoisotopic (exact) mass is 401 g/mol. The van der Waals surface area contributed by atoms with Gasteiger partial charge in [-0.1, -0.05) is 36.4 Å². The Hall–Kier alpha value is -3.72. The number of carboxylic acids is 1. The number of hydrogen-bond acceptors (Lipinski definition) is 8. The lowest BCUT2D eigenvalue weighted by molar-refractivity contribution is -0.197. The van der Waals surface area contributed by atoms with Crippen LogP contribution in [0.1, 0.15) is 20.7 Å². The van der Waals surface area contributed by atoms with Crippen LogP contribution in [-0.4, -0.2) is 60.4 Å². The Bertz CT molecular complexity index is 867. The number of hydrogen-bond donors (Lipinski definition) is 1. The summed E-state index contributed by atoms with van der Waals surface area (Å²) in [5.41, 5.74) is 0.140. The summed E-state index contributed by atoms with van der Waals surface area (Å²) in [7, 11) is 2.75. The highest BCUT2D eigenvalue weighted by atomic mass is 16.7. The van der Waals surface area contributed by atoms with Gasteiger partial charge in [-0.25, -0.2) is 19.2 Å². The second-order valence-corrected chi connectivity index (χ2v) is 5.94. The van der Waals surface area contributed by atoms with E-state index in [9.17, 15) is 24.3 Å². The molecule has 0 aliphatic carbocycles. The Balaban J connectivity index is 2.29. The normalized spacial score (nSPS) is 12.5. The second-order valence-electron chi connectivity index (χ2n) is 5.94. The number of aliphatic carboxylic acids is 1. The molecular weight excluding hydrogens is 382 g/mol. The zero-order chi connectivity index (χ0) is 21.4. The molecule has 0 spiro atoms. The number of carbonyl (C=O) groups excluding carboxylic acids is 3. The van der Waals surface area contributed by atoms with Crippen LogP contribution in [0, 0.1) is 0 Å². The van der Waals surface area contributed by atoms with Crippen molar-refractivity contribution in [1.29, 1.82) is 0 Å². The van der Waals surface area contributed by atoms with Crippen LogP contribution >= 0.6 is 0 Å². The van der Waals surface area contributed by atoms with Gasteiger partial charge < -0.3 is 19.4 Å². The molecule has 0 aromatic heterocycles. The minimum absolute atomic E-state index is 0.0628.